The zero-order valence-electron chi connectivity index (χ0n) is 16.0. The molecule has 0 atom stereocenters. The minimum atomic E-state index is 0.401. The highest BCUT2D eigenvalue weighted by Crippen LogP contribution is 2.34. The molecule has 6 rings (SSSR count). The van der Waals surface area contributed by atoms with Gasteiger partial charge in [0, 0.05) is 16.6 Å². The molecular weight excluding hydrogens is 390 g/mol. The molecule has 0 bridgehead atoms. The smallest absolute Gasteiger partial charge is 0.166 e. The van der Waals surface area contributed by atoms with Gasteiger partial charge in [0.15, 0.2) is 10.8 Å². The standard InChI is InChI=1S/C26H16ClN3/c27-25-23(19-15-14-17-8-4-5-9-18(17)16-19)28-24-21-12-6-7-13-22(21)30(26(24)29-25)20-10-2-1-3-11-20/h1-16H. The molecule has 4 aromatic carbocycles. The molecule has 0 aliphatic heterocycles. The van der Waals surface area contributed by atoms with Crippen molar-refractivity contribution in [2.24, 2.45) is 0 Å². The molecule has 0 unspecified atom stereocenters. The minimum Gasteiger partial charge on any atom is -0.292 e. The van der Waals surface area contributed by atoms with Crippen LogP contribution >= 0.6 is 11.6 Å². The van der Waals surface area contributed by atoms with Gasteiger partial charge in [-0.25, -0.2) is 9.97 Å². The first kappa shape index (κ1) is 17.2. The van der Waals surface area contributed by atoms with Crippen molar-refractivity contribution >= 4 is 44.4 Å². The third kappa shape index (κ3) is 2.60. The molecule has 0 spiro atoms. The molecule has 6 aromatic rings. The van der Waals surface area contributed by atoms with Gasteiger partial charge in [0.1, 0.15) is 11.2 Å². The highest BCUT2D eigenvalue weighted by Gasteiger charge is 2.18. The van der Waals surface area contributed by atoms with Crippen LogP contribution in [-0.4, -0.2) is 14.5 Å². The maximum Gasteiger partial charge on any atom is 0.166 e. The van der Waals surface area contributed by atoms with E-state index in [9.17, 15) is 0 Å². The number of hydrogen-bond acceptors (Lipinski definition) is 2. The van der Waals surface area contributed by atoms with Gasteiger partial charge in [-0.1, -0.05) is 84.4 Å². The van der Waals surface area contributed by atoms with Gasteiger partial charge < -0.3 is 0 Å². The normalized spacial score (nSPS) is 11.5. The molecule has 0 N–H and O–H groups in total. The Kier molecular flexibility index (Phi) is 3.83. The Morgan fingerprint density at radius 1 is 0.667 bits per heavy atom. The van der Waals surface area contributed by atoms with E-state index in [2.05, 4.69) is 59.2 Å². The number of rotatable bonds is 2. The molecule has 0 saturated heterocycles. The van der Waals surface area contributed by atoms with E-state index < -0.39 is 0 Å². The molecule has 3 nitrogen and oxygen atoms in total. The molecule has 0 saturated carbocycles. The fourth-order valence-electron chi connectivity index (χ4n) is 4.09. The van der Waals surface area contributed by atoms with Crippen molar-refractivity contribution in [2.45, 2.75) is 0 Å². The van der Waals surface area contributed by atoms with Gasteiger partial charge in [0.25, 0.3) is 0 Å². The average molecular weight is 406 g/mol. The van der Waals surface area contributed by atoms with Crippen molar-refractivity contribution in [3.63, 3.8) is 0 Å². The van der Waals surface area contributed by atoms with Crippen LogP contribution in [-0.2, 0) is 0 Å². The highest BCUT2D eigenvalue weighted by atomic mass is 35.5. The summed E-state index contributed by atoms with van der Waals surface area (Å²) in [5, 5.41) is 3.80. The molecule has 4 heteroatoms. The predicted molar refractivity (Wildman–Crippen MR) is 124 cm³/mol. The van der Waals surface area contributed by atoms with E-state index >= 15 is 0 Å². The summed E-state index contributed by atoms with van der Waals surface area (Å²) in [4.78, 5) is 9.82. The number of benzene rings is 4. The summed E-state index contributed by atoms with van der Waals surface area (Å²) in [5.74, 6) is 0. The van der Waals surface area contributed by atoms with Crippen molar-refractivity contribution in [3.8, 4) is 16.9 Å². The molecule has 2 heterocycles. The fraction of sp³-hybridized carbons (Fsp3) is 0. The van der Waals surface area contributed by atoms with Gasteiger partial charge in [-0.15, -0.1) is 0 Å². The van der Waals surface area contributed by atoms with Crippen LogP contribution in [0.4, 0.5) is 0 Å². The summed E-state index contributed by atoms with van der Waals surface area (Å²) in [6.45, 7) is 0. The molecular formula is C26H16ClN3. The Labute approximate surface area is 178 Å². The minimum absolute atomic E-state index is 0.401. The Morgan fingerprint density at radius 2 is 1.40 bits per heavy atom. The van der Waals surface area contributed by atoms with Crippen molar-refractivity contribution in [1.82, 2.24) is 14.5 Å². The first-order valence-electron chi connectivity index (χ1n) is 9.81. The summed E-state index contributed by atoms with van der Waals surface area (Å²) >= 11 is 6.69. The van der Waals surface area contributed by atoms with Crippen molar-refractivity contribution in [2.75, 3.05) is 0 Å². The van der Waals surface area contributed by atoms with Crippen molar-refractivity contribution < 1.29 is 0 Å². The first-order chi connectivity index (χ1) is 14.8. The van der Waals surface area contributed by atoms with Crippen LogP contribution in [0.15, 0.2) is 97.1 Å². The molecule has 0 amide bonds. The maximum absolute atomic E-state index is 6.69. The maximum atomic E-state index is 6.69. The molecule has 0 radical (unpaired) electrons. The number of para-hydroxylation sites is 2. The third-order valence-electron chi connectivity index (χ3n) is 5.48. The van der Waals surface area contributed by atoms with E-state index in [4.69, 9.17) is 21.6 Å². The van der Waals surface area contributed by atoms with Crippen molar-refractivity contribution in [3.05, 3.63) is 102 Å². The number of halogens is 1. The summed E-state index contributed by atoms with van der Waals surface area (Å²) in [7, 11) is 0. The van der Waals surface area contributed by atoms with Crippen LogP contribution in [0.3, 0.4) is 0 Å². The Morgan fingerprint density at radius 3 is 2.27 bits per heavy atom. The van der Waals surface area contributed by atoms with E-state index in [1.54, 1.807) is 0 Å². The van der Waals surface area contributed by atoms with Crippen molar-refractivity contribution in [1.29, 1.82) is 0 Å². The second-order valence-electron chi connectivity index (χ2n) is 7.29. The summed E-state index contributed by atoms with van der Waals surface area (Å²) < 4.78 is 2.12. The quantitative estimate of drug-likeness (QED) is 0.309. The third-order valence-corrected chi connectivity index (χ3v) is 5.75. The van der Waals surface area contributed by atoms with E-state index in [-0.39, 0.29) is 0 Å². The first-order valence-corrected chi connectivity index (χ1v) is 10.2. The predicted octanol–water partition coefficient (Wildman–Crippen LogP) is 7.05. The second kappa shape index (κ2) is 6.68. The lowest BCUT2D eigenvalue weighted by Crippen LogP contribution is -1.97. The van der Waals surface area contributed by atoms with E-state index in [1.165, 1.54) is 5.39 Å². The molecule has 0 aliphatic rings. The van der Waals surface area contributed by atoms with E-state index in [0.29, 0.717) is 10.8 Å². The Balaban J connectivity index is 1.67. The molecule has 30 heavy (non-hydrogen) atoms. The average Bonchev–Trinajstić information content (AvgIpc) is 3.12. The molecule has 142 valence electrons. The van der Waals surface area contributed by atoms with E-state index in [0.717, 1.165) is 38.7 Å². The van der Waals surface area contributed by atoms with Gasteiger partial charge in [-0.2, -0.15) is 0 Å². The zero-order chi connectivity index (χ0) is 20.1. The number of nitrogens with zero attached hydrogens (tertiary/aromatic N) is 3. The number of aromatic nitrogens is 3. The van der Waals surface area contributed by atoms with Gasteiger partial charge in [-0.05, 0) is 35.0 Å². The monoisotopic (exact) mass is 405 g/mol. The van der Waals surface area contributed by atoms with Gasteiger partial charge in [-0.3, -0.25) is 4.57 Å². The Bertz CT molecular complexity index is 1550. The number of fused-ring (bicyclic) bond motifs is 4. The lowest BCUT2D eigenvalue weighted by atomic mass is 10.1. The lowest BCUT2D eigenvalue weighted by molar-refractivity contribution is 1.12. The Hall–Kier alpha value is -3.69. The van der Waals surface area contributed by atoms with Gasteiger partial charge in [0.2, 0.25) is 0 Å². The molecule has 0 aliphatic carbocycles. The van der Waals surface area contributed by atoms with Gasteiger partial charge >= 0.3 is 0 Å². The fourth-order valence-corrected chi connectivity index (χ4v) is 4.32. The second-order valence-corrected chi connectivity index (χ2v) is 7.64. The van der Waals surface area contributed by atoms with Crippen LogP contribution in [0.5, 0.6) is 0 Å². The summed E-state index contributed by atoms with van der Waals surface area (Å²) in [6.07, 6.45) is 0. The SMILES string of the molecule is Clc1nc2c(nc1-c1ccc3ccccc3c1)c1ccccc1n2-c1ccccc1. The van der Waals surface area contributed by atoms with Crippen LogP contribution in [0.25, 0.3) is 49.8 Å². The molecule has 0 fully saturated rings. The summed E-state index contributed by atoms with van der Waals surface area (Å²) in [6, 6.07) is 33.0. The van der Waals surface area contributed by atoms with Crippen LogP contribution in [0.1, 0.15) is 0 Å². The summed E-state index contributed by atoms with van der Waals surface area (Å²) in [5.41, 5.74) is 5.37. The number of hydrogen-bond donors (Lipinski definition) is 0. The van der Waals surface area contributed by atoms with Crippen LogP contribution in [0, 0.1) is 0 Å². The zero-order valence-corrected chi connectivity index (χ0v) is 16.7. The van der Waals surface area contributed by atoms with Gasteiger partial charge in [0.05, 0.1) is 5.52 Å². The van der Waals surface area contributed by atoms with Crippen LogP contribution in [0.2, 0.25) is 5.15 Å². The van der Waals surface area contributed by atoms with E-state index in [1.807, 2.05) is 42.5 Å². The molecule has 2 aromatic heterocycles. The largest absolute Gasteiger partial charge is 0.292 e. The lowest BCUT2D eigenvalue weighted by Gasteiger charge is -2.08. The topological polar surface area (TPSA) is 30.7 Å². The van der Waals surface area contributed by atoms with Crippen LogP contribution < -0.4 is 0 Å². The highest BCUT2D eigenvalue weighted by molar-refractivity contribution is 6.32.